The Kier molecular flexibility index (Phi) is 3.05. The summed E-state index contributed by atoms with van der Waals surface area (Å²) >= 11 is 0. The third kappa shape index (κ3) is 2.41. The van der Waals surface area contributed by atoms with Crippen molar-refractivity contribution in [2.75, 3.05) is 26.2 Å². The molecule has 1 saturated heterocycles. The molecule has 1 unspecified atom stereocenters. The lowest BCUT2D eigenvalue weighted by atomic mass is 10.4. The summed E-state index contributed by atoms with van der Waals surface area (Å²) in [7, 11) is -4.03. The van der Waals surface area contributed by atoms with Crippen LogP contribution >= 0.6 is 0 Å². The molecule has 0 bridgehead atoms. The number of ether oxygens (including phenoxy) is 1. The van der Waals surface area contributed by atoms with E-state index < -0.39 is 15.6 Å². The Hall–Kier alpha value is -0.170. The summed E-state index contributed by atoms with van der Waals surface area (Å²) < 4.78 is 34.9. The predicted molar refractivity (Wildman–Crippen MR) is 43.4 cm³/mol. The van der Waals surface area contributed by atoms with Crippen molar-refractivity contribution in [2.24, 2.45) is 0 Å². The monoisotopic (exact) mass is 195 g/mol. The second-order valence-corrected chi connectivity index (χ2v) is 4.26. The van der Waals surface area contributed by atoms with E-state index in [1.807, 2.05) is 11.8 Å². The second kappa shape index (κ2) is 3.69. The number of nitrogens with zero attached hydrogens (tertiary/aromatic N) is 1. The first-order chi connectivity index (χ1) is 5.54. The zero-order chi connectivity index (χ0) is 9.19. The summed E-state index contributed by atoms with van der Waals surface area (Å²) in [5, 5.41) is 0. The molecule has 0 saturated carbocycles. The van der Waals surface area contributed by atoms with E-state index in [0.717, 1.165) is 13.1 Å². The molecule has 0 amide bonds. The van der Waals surface area contributed by atoms with Gasteiger partial charge in [0.15, 0.2) is 5.44 Å². The summed E-state index contributed by atoms with van der Waals surface area (Å²) in [4.78, 5) is 1.92. The van der Waals surface area contributed by atoms with Crippen LogP contribution in [0.5, 0.6) is 0 Å². The van der Waals surface area contributed by atoms with Gasteiger partial charge in [0.05, 0.1) is 6.61 Å². The van der Waals surface area contributed by atoms with E-state index in [4.69, 9.17) is 9.29 Å². The molecule has 1 N–H and O–H groups in total. The van der Waals surface area contributed by atoms with E-state index in [9.17, 15) is 8.42 Å². The first-order valence-electron chi connectivity index (χ1n) is 3.84. The van der Waals surface area contributed by atoms with Gasteiger partial charge in [0.1, 0.15) is 0 Å². The molecule has 6 heteroatoms. The molecule has 12 heavy (non-hydrogen) atoms. The van der Waals surface area contributed by atoms with E-state index >= 15 is 0 Å². The topological polar surface area (TPSA) is 66.8 Å². The Labute approximate surface area is 72.1 Å². The van der Waals surface area contributed by atoms with Crippen LogP contribution in [0, 0.1) is 0 Å². The van der Waals surface area contributed by atoms with Gasteiger partial charge in [-0.15, -0.1) is 0 Å². The van der Waals surface area contributed by atoms with Crippen LogP contribution in [0.25, 0.3) is 0 Å². The van der Waals surface area contributed by atoms with Crippen LogP contribution < -0.4 is 0 Å². The lowest BCUT2D eigenvalue weighted by molar-refractivity contribution is 0.0115. The maximum atomic E-state index is 10.7. The minimum absolute atomic E-state index is 0.259. The molecule has 0 aromatic heterocycles. The molecule has 0 spiro atoms. The molecule has 0 aromatic rings. The minimum Gasteiger partial charge on any atom is -0.357 e. The molecule has 0 aliphatic carbocycles. The highest BCUT2D eigenvalue weighted by Gasteiger charge is 2.29. The first-order valence-corrected chi connectivity index (χ1v) is 5.34. The van der Waals surface area contributed by atoms with Gasteiger partial charge in [-0.25, -0.2) is 0 Å². The summed E-state index contributed by atoms with van der Waals surface area (Å²) in [6, 6.07) is 0. The molecule has 1 atom stereocenters. The molecule has 1 aliphatic rings. The van der Waals surface area contributed by atoms with E-state index in [1.54, 1.807) is 0 Å². The lowest BCUT2D eigenvalue weighted by Gasteiger charge is -2.29. The fourth-order valence-electron chi connectivity index (χ4n) is 1.14. The Bertz CT molecular complexity index is 238. The molecule has 0 aromatic carbocycles. The average Bonchev–Trinajstić information content (AvgIpc) is 2.03. The van der Waals surface area contributed by atoms with Gasteiger partial charge in [0.2, 0.25) is 0 Å². The van der Waals surface area contributed by atoms with E-state index in [-0.39, 0.29) is 6.54 Å². The highest BCUT2D eigenvalue weighted by Crippen LogP contribution is 2.09. The standard InChI is InChI=1S/C6H13NO4S/c1-2-7-3-4-11-6(5-7)12(8,9)10/h6H,2-5H2,1H3,(H,8,9,10). The second-order valence-electron chi connectivity index (χ2n) is 2.71. The number of hydrogen-bond acceptors (Lipinski definition) is 4. The molecule has 1 rings (SSSR count). The molecule has 1 fully saturated rings. The van der Waals surface area contributed by atoms with E-state index in [1.165, 1.54) is 0 Å². The van der Waals surface area contributed by atoms with Gasteiger partial charge in [0, 0.05) is 13.1 Å². The third-order valence-electron chi connectivity index (χ3n) is 1.90. The Morgan fingerprint density at radius 3 is 2.83 bits per heavy atom. The van der Waals surface area contributed by atoms with Crippen molar-refractivity contribution in [3.8, 4) is 0 Å². The number of hydrogen-bond donors (Lipinski definition) is 1. The largest absolute Gasteiger partial charge is 0.357 e. The maximum absolute atomic E-state index is 10.7. The molecular formula is C6H13NO4S. The van der Waals surface area contributed by atoms with Crippen molar-refractivity contribution in [3.05, 3.63) is 0 Å². The highest BCUT2D eigenvalue weighted by molar-refractivity contribution is 7.86. The smallest absolute Gasteiger partial charge is 0.293 e. The molecule has 5 nitrogen and oxygen atoms in total. The normalized spacial score (nSPS) is 27.3. The summed E-state index contributed by atoms with van der Waals surface area (Å²) in [5.74, 6) is 0. The van der Waals surface area contributed by atoms with Crippen LogP contribution in [0.15, 0.2) is 0 Å². The molecule has 0 radical (unpaired) electrons. The summed E-state index contributed by atoms with van der Waals surface area (Å²) in [6.07, 6.45) is 0. The van der Waals surface area contributed by atoms with Gasteiger partial charge in [-0.2, -0.15) is 8.42 Å². The van der Waals surface area contributed by atoms with E-state index in [2.05, 4.69) is 0 Å². The fraction of sp³-hybridized carbons (Fsp3) is 1.00. The van der Waals surface area contributed by atoms with E-state index in [0.29, 0.717) is 6.61 Å². The summed E-state index contributed by atoms with van der Waals surface area (Å²) in [5.41, 5.74) is -1.06. The predicted octanol–water partition coefficient (Wildman–Crippen LogP) is -0.448. The first kappa shape index (κ1) is 9.91. The Morgan fingerprint density at radius 2 is 2.33 bits per heavy atom. The van der Waals surface area contributed by atoms with Gasteiger partial charge >= 0.3 is 0 Å². The number of morpholine rings is 1. The van der Waals surface area contributed by atoms with Crippen molar-refractivity contribution >= 4 is 10.1 Å². The van der Waals surface area contributed by atoms with Gasteiger partial charge in [-0.1, -0.05) is 6.92 Å². The molecule has 1 aliphatic heterocycles. The van der Waals surface area contributed by atoms with Crippen molar-refractivity contribution in [1.29, 1.82) is 0 Å². The Balaban J connectivity index is 2.58. The van der Waals surface area contributed by atoms with Crippen LogP contribution in [0.4, 0.5) is 0 Å². The SMILES string of the molecule is CCN1CCOC(S(=O)(=O)O)C1. The third-order valence-corrected chi connectivity index (χ3v) is 2.85. The van der Waals surface area contributed by atoms with Crippen molar-refractivity contribution in [3.63, 3.8) is 0 Å². The van der Waals surface area contributed by atoms with Gasteiger partial charge in [-0.3, -0.25) is 9.45 Å². The zero-order valence-electron chi connectivity index (χ0n) is 6.93. The van der Waals surface area contributed by atoms with Crippen LogP contribution in [0.2, 0.25) is 0 Å². The van der Waals surface area contributed by atoms with Crippen LogP contribution in [0.1, 0.15) is 6.92 Å². The molecular weight excluding hydrogens is 182 g/mol. The van der Waals surface area contributed by atoms with Crippen molar-refractivity contribution < 1.29 is 17.7 Å². The summed E-state index contributed by atoms with van der Waals surface area (Å²) in [6.45, 7) is 4.05. The van der Waals surface area contributed by atoms with Gasteiger partial charge < -0.3 is 4.74 Å². The number of likely N-dealkylation sites (N-methyl/N-ethyl adjacent to an activating group) is 1. The molecule has 1 heterocycles. The van der Waals surface area contributed by atoms with Crippen molar-refractivity contribution in [1.82, 2.24) is 4.90 Å². The maximum Gasteiger partial charge on any atom is 0.293 e. The quantitative estimate of drug-likeness (QED) is 0.605. The van der Waals surface area contributed by atoms with Gasteiger partial charge in [0.25, 0.3) is 10.1 Å². The average molecular weight is 195 g/mol. The van der Waals surface area contributed by atoms with Crippen LogP contribution in [-0.2, 0) is 14.9 Å². The van der Waals surface area contributed by atoms with Crippen LogP contribution in [-0.4, -0.2) is 49.5 Å². The minimum atomic E-state index is -4.03. The van der Waals surface area contributed by atoms with Gasteiger partial charge in [-0.05, 0) is 6.54 Å². The highest BCUT2D eigenvalue weighted by atomic mass is 32.2. The fourth-order valence-corrected chi connectivity index (χ4v) is 1.80. The lowest BCUT2D eigenvalue weighted by Crippen LogP contribution is -2.45. The van der Waals surface area contributed by atoms with Crippen molar-refractivity contribution in [2.45, 2.75) is 12.4 Å². The van der Waals surface area contributed by atoms with Crippen LogP contribution in [0.3, 0.4) is 0 Å². The molecule has 72 valence electrons. The number of rotatable bonds is 2. The zero-order valence-corrected chi connectivity index (χ0v) is 7.75. The Morgan fingerprint density at radius 1 is 1.67 bits per heavy atom.